The van der Waals surface area contributed by atoms with Gasteiger partial charge in [-0.15, -0.1) is 0 Å². The van der Waals surface area contributed by atoms with Crippen molar-refractivity contribution in [3.63, 3.8) is 0 Å². The fourth-order valence-corrected chi connectivity index (χ4v) is 1.68. The van der Waals surface area contributed by atoms with Crippen LogP contribution in [0.2, 0.25) is 0 Å². The van der Waals surface area contributed by atoms with Crippen LogP contribution in [-0.4, -0.2) is 12.8 Å². The molecule has 1 unspecified atom stereocenters. The van der Waals surface area contributed by atoms with Crippen LogP contribution in [0.15, 0.2) is 0 Å². The molecule has 2 N–H and O–H groups in total. The van der Waals surface area contributed by atoms with Crippen molar-refractivity contribution in [3.05, 3.63) is 0 Å². The first-order chi connectivity index (χ1) is 6.85. The second-order valence-electron chi connectivity index (χ2n) is 4.06. The van der Waals surface area contributed by atoms with Crippen LogP contribution in [0, 0.1) is 5.92 Å². The van der Waals surface area contributed by atoms with E-state index in [1.807, 2.05) is 0 Å². The maximum Gasteiger partial charge on any atom is 0.120 e. The lowest BCUT2D eigenvalue weighted by atomic mass is 9.98. The molecule has 0 aliphatic heterocycles. The summed E-state index contributed by atoms with van der Waals surface area (Å²) in [5.41, 5.74) is 5.56. The summed E-state index contributed by atoms with van der Waals surface area (Å²) in [6.45, 7) is 2.89. The first-order valence-corrected chi connectivity index (χ1v) is 5.98. The van der Waals surface area contributed by atoms with Gasteiger partial charge in [0.25, 0.3) is 0 Å². The summed E-state index contributed by atoms with van der Waals surface area (Å²) in [6.07, 6.45) is 10.7. The largest absolute Gasteiger partial charge is 0.330 e. The topological polar surface area (TPSA) is 43.1 Å². The first kappa shape index (κ1) is 13.6. The third-order valence-electron chi connectivity index (χ3n) is 2.73. The molecule has 2 nitrogen and oxygen atoms in total. The summed E-state index contributed by atoms with van der Waals surface area (Å²) >= 11 is 0. The Morgan fingerprint density at radius 2 is 1.79 bits per heavy atom. The molecule has 2 heteroatoms. The number of unbranched alkanes of at least 4 members (excludes halogenated alkanes) is 5. The van der Waals surface area contributed by atoms with Crippen molar-refractivity contribution in [2.45, 2.75) is 58.3 Å². The molecule has 0 amide bonds. The Morgan fingerprint density at radius 1 is 1.14 bits per heavy atom. The standard InChI is InChI=1S/C12H25NO/c1-2-3-4-5-6-7-8-12(11-13)9-10-14/h10,12H,2-9,11,13H2,1H3. The SMILES string of the molecule is CCCCCCCCC(CN)CC=O. The van der Waals surface area contributed by atoms with E-state index in [1.165, 1.54) is 38.5 Å². The molecule has 0 radical (unpaired) electrons. The molecule has 0 aromatic rings. The van der Waals surface area contributed by atoms with Gasteiger partial charge < -0.3 is 10.5 Å². The van der Waals surface area contributed by atoms with Crippen molar-refractivity contribution in [3.8, 4) is 0 Å². The average Bonchev–Trinajstić information content (AvgIpc) is 2.21. The van der Waals surface area contributed by atoms with Gasteiger partial charge in [0.05, 0.1) is 0 Å². The predicted octanol–water partition coefficient (Wildman–Crippen LogP) is 2.90. The number of rotatable bonds is 10. The fourth-order valence-electron chi connectivity index (χ4n) is 1.68. The van der Waals surface area contributed by atoms with Crippen molar-refractivity contribution >= 4 is 6.29 Å². The van der Waals surface area contributed by atoms with E-state index in [4.69, 9.17) is 5.73 Å². The number of hydrogen-bond acceptors (Lipinski definition) is 2. The van der Waals surface area contributed by atoms with Gasteiger partial charge in [-0.05, 0) is 18.9 Å². The molecule has 1 atom stereocenters. The first-order valence-electron chi connectivity index (χ1n) is 5.98. The maximum atomic E-state index is 10.3. The van der Waals surface area contributed by atoms with Crippen molar-refractivity contribution in [1.29, 1.82) is 0 Å². The normalized spacial score (nSPS) is 12.7. The highest BCUT2D eigenvalue weighted by molar-refractivity contribution is 5.49. The van der Waals surface area contributed by atoms with Crippen LogP contribution in [0.5, 0.6) is 0 Å². The number of hydrogen-bond donors (Lipinski definition) is 1. The van der Waals surface area contributed by atoms with Gasteiger partial charge in [0.2, 0.25) is 0 Å². The molecule has 14 heavy (non-hydrogen) atoms. The Kier molecular flexibility index (Phi) is 10.4. The molecule has 0 rings (SSSR count). The Balaban J connectivity index is 3.19. The van der Waals surface area contributed by atoms with Gasteiger partial charge in [0.1, 0.15) is 6.29 Å². The molecular formula is C12H25NO. The number of carbonyl (C=O) groups excluding carboxylic acids is 1. The molecule has 0 aromatic heterocycles. The molecule has 0 aliphatic carbocycles. The van der Waals surface area contributed by atoms with E-state index >= 15 is 0 Å². The van der Waals surface area contributed by atoms with Gasteiger partial charge >= 0.3 is 0 Å². The van der Waals surface area contributed by atoms with E-state index in [1.54, 1.807) is 0 Å². The molecule has 0 heterocycles. The van der Waals surface area contributed by atoms with Gasteiger partial charge in [-0.3, -0.25) is 0 Å². The molecule has 0 aliphatic rings. The minimum absolute atomic E-state index is 0.429. The summed E-state index contributed by atoms with van der Waals surface area (Å²) < 4.78 is 0. The van der Waals surface area contributed by atoms with E-state index in [0.717, 1.165) is 12.7 Å². The van der Waals surface area contributed by atoms with Gasteiger partial charge in [-0.25, -0.2) is 0 Å². The Labute approximate surface area is 88.3 Å². The molecule has 0 saturated heterocycles. The van der Waals surface area contributed by atoms with Crippen molar-refractivity contribution in [2.75, 3.05) is 6.54 Å². The Morgan fingerprint density at radius 3 is 2.36 bits per heavy atom. The van der Waals surface area contributed by atoms with Crippen LogP contribution in [0.25, 0.3) is 0 Å². The van der Waals surface area contributed by atoms with E-state index in [9.17, 15) is 4.79 Å². The molecule has 0 bridgehead atoms. The average molecular weight is 199 g/mol. The second kappa shape index (κ2) is 10.7. The van der Waals surface area contributed by atoms with Crippen LogP contribution in [0.4, 0.5) is 0 Å². The summed E-state index contributed by atoms with van der Waals surface area (Å²) in [5.74, 6) is 0.429. The van der Waals surface area contributed by atoms with Crippen LogP contribution in [0.1, 0.15) is 58.3 Å². The third kappa shape index (κ3) is 8.24. The second-order valence-corrected chi connectivity index (χ2v) is 4.06. The molecule has 0 spiro atoms. The van der Waals surface area contributed by atoms with Crippen molar-refractivity contribution in [1.82, 2.24) is 0 Å². The zero-order chi connectivity index (χ0) is 10.6. The van der Waals surface area contributed by atoms with Gasteiger partial charge in [-0.2, -0.15) is 0 Å². The van der Waals surface area contributed by atoms with Crippen LogP contribution in [0.3, 0.4) is 0 Å². The molecular weight excluding hydrogens is 174 g/mol. The third-order valence-corrected chi connectivity index (χ3v) is 2.73. The minimum atomic E-state index is 0.429. The summed E-state index contributed by atoms with van der Waals surface area (Å²) in [5, 5.41) is 0. The minimum Gasteiger partial charge on any atom is -0.330 e. The fraction of sp³-hybridized carbons (Fsp3) is 0.917. The predicted molar refractivity (Wildman–Crippen MR) is 61.2 cm³/mol. The van der Waals surface area contributed by atoms with E-state index < -0.39 is 0 Å². The Bertz CT molecular complexity index is 125. The van der Waals surface area contributed by atoms with E-state index in [0.29, 0.717) is 18.9 Å². The van der Waals surface area contributed by atoms with Crippen molar-refractivity contribution < 1.29 is 4.79 Å². The lowest BCUT2D eigenvalue weighted by Crippen LogP contribution is -2.14. The zero-order valence-electron chi connectivity index (χ0n) is 9.50. The van der Waals surface area contributed by atoms with E-state index in [2.05, 4.69) is 6.92 Å². The number of carbonyl (C=O) groups is 1. The quantitative estimate of drug-likeness (QED) is 0.434. The summed E-state index contributed by atoms with van der Waals surface area (Å²) in [6, 6.07) is 0. The number of aldehydes is 1. The van der Waals surface area contributed by atoms with Crippen molar-refractivity contribution in [2.24, 2.45) is 11.7 Å². The highest BCUT2D eigenvalue weighted by Gasteiger charge is 2.04. The Hall–Kier alpha value is -0.370. The maximum absolute atomic E-state index is 10.3. The smallest absolute Gasteiger partial charge is 0.120 e. The number of nitrogens with two attached hydrogens (primary N) is 1. The lowest BCUT2D eigenvalue weighted by molar-refractivity contribution is -0.108. The molecule has 84 valence electrons. The molecule has 0 fully saturated rings. The molecule has 0 saturated carbocycles. The summed E-state index contributed by atoms with van der Waals surface area (Å²) in [4.78, 5) is 10.3. The van der Waals surface area contributed by atoms with Crippen LogP contribution >= 0.6 is 0 Å². The lowest BCUT2D eigenvalue weighted by Gasteiger charge is -2.10. The van der Waals surface area contributed by atoms with Gasteiger partial charge in [-0.1, -0.05) is 45.4 Å². The van der Waals surface area contributed by atoms with Crippen LogP contribution in [-0.2, 0) is 4.79 Å². The monoisotopic (exact) mass is 199 g/mol. The highest BCUT2D eigenvalue weighted by atomic mass is 16.1. The van der Waals surface area contributed by atoms with Gasteiger partial charge in [0, 0.05) is 6.42 Å². The molecule has 0 aromatic carbocycles. The van der Waals surface area contributed by atoms with Gasteiger partial charge in [0.15, 0.2) is 0 Å². The highest BCUT2D eigenvalue weighted by Crippen LogP contribution is 2.13. The zero-order valence-corrected chi connectivity index (χ0v) is 9.50. The summed E-state index contributed by atoms with van der Waals surface area (Å²) in [7, 11) is 0. The van der Waals surface area contributed by atoms with Crippen LogP contribution < -0.4 is 5.73 Å². The van der Waals surface area contributed by atoms with E-state index in [-0.39, 0.29) is 0 Å².